The lowest BCUT2D eigenvalue weighted by atomic mass is 9.62. The first-order valence-corrected chi connectivity index (χ1v) is 11.1. The van der Waals surface area contributed by atoms with E-state index in [-0.39, 0.29) is 10.8 Å². The Kier molecular flexibility index (Phi) is 4.60. The molecule has 2 aliphatic carbocycles. The van der Waals surface area contributed by atoms with Gasteiger partial charge in [0.2, 0.25) is 0 Å². The van der Waals surface area contributed by atoms with Crippen LogP contribution in [0.15, 0.2) is 36.4 Å². The summed E-state index contributed by atoms with van der Waals surface area (Å²) in [4.78, 5) is 0. The third-order valence-electron chi connectivity index (χ3n) is 7.58. The van der Waals surface area contributed by atoms with Crippen LogP contribution in [0.4, 0.5) is 0 Å². The molecule has 0 heteroatoms. The Morgan fingerprint density at radius 2 is 1.57 bits per heavy atom. The molecule has 2 aliphatic rings. The monoisotopic (exact) mass is 372 g/mol. The molecule has 1 unspecified atom stereocenters. The number of hydrogen-bond acceptors (Lipinski definition) is 0. The molecule has 0 fully saturated rings. The van der Waals surface area contributed by atoms with Crippen molar-refractivity contribution in [2.45, 2.75) is 85.0 Å². The molecule has 0 amide bonds. The van der Waals surface area contributed by atoms with Crippen LogP contribution < -0.4 is 0 Å². The van der Waals surface area contributed by atoms with Crippen LogP contribution in [0.25, 0.3) is 11.1 Å². The molecule has 0 radical (unpaired) electrons. The number of fused-ring (bicyclic) bond motifs is 2. The van der Waals surface area contributed by atoms with Crippen LogP contribution in [0, 0.1) is 12.8 Å². The normalized spacial score (nSPS) is 24.3. The summed E-state index contributed by atoms with van der Waals surface area (Å²) in [5, 5.41) is 0. The second-order valence-electron chi connectivity index (χ2n) is 10.7. The zero-order valence-electron chi connectivity index (χ0n) is 18.9. The molecule has 148 valence electrons. The van der Waals surface area contributed by atoms with Crippen LogP contribution in [0.3, 0.4) is 0 Å². The first-order valence-electron chi connectivity index (χ1n) is 11.1. The van der Waals surface area contributed by atoms with Crippen molar-refractivity contribution in [3.8, 4) is 0 Å². The number of benzene rings is 2. The summed E-state index contributed by atoms with van der Waals surface area (Å²) in [5.41, 5.74) is 12.5. The minimum atomic E-state index is 0.263. The SMILES string of the molecule is CC(=C1c2ccc(C)cc2CCC1C)c1ccc2c(c1)C(C)(C)CCC2(C)C. The average Bonchev–Trinajstić information content (AvgIpc) is 2.65. The predicted molar refractivity (Wildman–Crippen MR) is 123 cm³/mol. The minimum absolute atomic E-state index is 0.263. The Balaban J connectivity index is 1.89. The molecule has 0 spiro atoms. The van der Waals surface area contributed by atoms with Gasteiger partial charge in [-0.05, 0) is 95.2 Å². The fourth-order valence-corrected chi connectivity index (χ4v) is 5.52. The minimum Gasteiger partial charge on any atom is -0.0587 e. The summed E-state index contributed by atoms with van der Waals surface area (Å²) in [6.07, 6.45) is 5.01. The predicted octanol–water partition coefficient (Wildman–Crippen LogP) is 7.86. The van der Waals surface area contributed by atoms with Gasteiger partial charge in [-0.1, -0.05) is 76.6 Å². The van der Waals surface area contributed by atoms with Crippen molar-refractivity contribution >= 4 is 11.1 Å². The van der Waals surface area contributed by atoms with Crippen LogP contribution in [0.2, 0.25) is 0 Å². The van der Waals surface area contributed by atoms with E-state index < -0.39 is 0 Å². The number of rotatable bonds is 1. The third kappa shape index (κ3) is 3.15. The van der Waals surface area contributed by atoms with Crippen LogP contribution in [-0.2, 0) is 17.3 Å². The highest BCUT2D eigenvalue weighted by Gasteiger charge is 2.37. The number of allylic oxidation sites excluding steroid dienone is 2. The number of hydrogen-bond donors (Lipinski definition) is 0. The molecule has 2 aromatic rings. The summed E-state index contributed by atoms with van der Waals surface area (Å²) in [6.45, 7) is 16.6. The molecule has 0 aromatic heterocycles. The Labute approximate surface area is 172 Å². The fourth-order valence-electron chi connectivity index (χ4n) is 5.52. The quantitative estimate of drug-likeness (QED) is 0.478. The first kappa shape index (κ1) is 19.5. The van der Waals surface area contributed by atoms with Crippen LogP contribution in [-0.4, -0.2) is 0 Å². The van der Waals surface area contributed by atoms with Crippen LogP contribution in [0.1, 0.15) is 94.2 Å². The fraction of sp³-hybridized carbons (Fsp3) is 0.500. The van der Waals surface area contributed by atoms with Gasteiger partial charge in [-0.15, -0.1) is 0 Å². The average molecular weight is 373 g/mol. The smallest absolute Gasteiger partial charge is 0.0100 e. The van der Waals surface area contributed by atoms with Gasteiger partial charge in [0.15, 0.2) is 0 Å². The highest BCUT2D eigenvalue weighted by molar-refractivity contribution is 5.92. The molecule has 2 aromatic carbocycles. The lowest BCUT2D eigenvalue weighted by Gasteiger charge is -2.42. The van der Waals surface area contributed by atoms with Crippen molar-refractivity contribution in [3.05, 3.63) is 69.8 Å². The van der Waals surface area contributed by atoms with Gasteiger partial charge < -0.3 is 0 Å². The lowest BCUT2D eigenvalue weighted by Crippen LogP contribution is -2.33. The molecule has 0 saturated heterocycles. The molecule has 1 atom stereocenters. The topological polar surface area (TPSA) is 0 Å². The van der Waals surface area contributed by atoms with Crippen molar-refractivity contribution < 1.29 is 0 Å². The second-order valence-corrected chi connectivity index (χ2v) is 10.7. The van der Waals surface area contributed by atoms with Gasteiger partial charge in [-0.3, -0.25) is 0 Å². The van der Waals surface area contributed by atoms with Crippen molar-refractivity contribution in [3.63, 3.8) is 0 Å². The van der Waals surface area contributed by atoms with E-state index in [0.29, 0.717) is 5.92 Å². The molecule has 28 heavy (non-hydrogen) atoms. The molecular formula is C28H36. The second kappa shape index (κ2) is 6.61. The van der Waals surface area contributed by atoms with E-state index in [4.69, 9.17) is 0 Å². The van der Waals surface area contributed by atoms with E-state index in [1.165, 1.54) is 53.5 Å². The molecule has 0 aliphatic heterocycles. The van der Waals surface area contributed by atoms with Crippen LogP contribution >= 0.6 is 0 Å². The standard InChI is InChI=1S/C28H36/c1-18-8-12-23-22(16-18)10-9-19(2)26(23)20(3)21-11-13-24-25(17-21)28(6,7)15-14-27(24,4)5/h8,11-13,16-17,19H,9-10,14-15H2,1-7H3. The molecule has 4 rings (SSSR count). The van der Waals surface area contributed by atoms with Crippen molar-refractivity contribution in [2.24, 2.45) is 5.92 Å². The summed E-state index contributed by atoms with van der Waals surface area (Å²) in [7, 11) is 0. The third-order valence-corrected chi connectivity index (χ3v) is 7.58. The van der Waals surface area contributed by atoms with Crippen LogP contribution in [0.5, 0.6) is 0 Å². The largest absolute Gasteiger partial charge is 0.0587 e. The maximum atomic E-state index is 2.52. The van der Waals surface area contributed by atoms with Gasteiger partial charge in [-0.25, -0.2) is 0 Å². The summed E-state index contributed by atoms with van der Waals surface area (Å²) in [6, 6.07) is 14.4. The Bertz CT molecular complexity index is 952. The Morgan fingerprint density at radius 1 is 0.893 bits per heavy atom. The van der Waals surface area contributed by atoms with E-state index >= 15 is 0 Å². The highest BCUT2D eigenvalue weighted by atomic mass is 14.4. The van der Waals surface area contributed by atoms with Crippen molar-refractivity contribution in [2.75, 3.05) is 0 Å². The van der Waals surface area contributed by atoms with E-state index in [1.54, 1.807) is 16.7 Å². The molecule has 0 nitrogen and oxygen atoms in total. The van der Waals surface area contributed by atoms with E-state index in [0.717, 1.165) is 0 Å². The van der Waals surface area contributed by atoms with Gasteiger partial charge in [0, 0.05) is 0 Å². The zero-order chi connectivity index (χ0) is 20.3. The van der Waals surface area contributed by atoms with Gasteiger partial charge >= 0.3 is 0 Å². The van der Waals surface area contributed by atoms with E-state index in [2.05, 4.69) is 84.9 Å². The Morgan fingerprint density at radius 3 is 2.29 bits per heavy atom. The van der Waals surface area contributed by atoms with Crippen molar-refractivity contribution in [1.82, 2.24) is 0 Å². The molecule has 0 N–H and O–H groups in total. The zero-order valence-corrected chi connectivity index (χ0v) is 18.9. The maximum Gasteiger partial charge on any atom is -0.0100 e. The lowest BCUT2D eigenvalue weighted by molar-refractivity contribution is 0.332. The maximum absolute atomic E-state index is 2.52. The highest BCUT2D eigenvalue weighted by Crippen LogP contribution is 2.47. The first-order chi connectivity index (χ1) is 13.1. The summed E-state index contributed by atoms with van der Waals surface area (Å²) >= 11 is 0. The molecule has 0 heterocycles. The molecule has 0 bridgehead atoms. The molecular weight excluding hydrogens is 336 g/mol. The Hall–Kier alpha value is -1.82. The van der Waals surface area contributed by atoms with Gasteiger partial charge in [0.25, 0.3) is 0 Å². The van der Waals surface area contributed by atoms with Gasteiger partial charge in [0.1, 0.15) is 0 Å². The number of aryl methyl sites for hydroxylation is 2. The summed E-state index contributed by atoms with van der Waals surface area (Å²) in [5.74, 6) is 0.621. The molecule has 0 saturated carbocycles. The van der Waals surface area contributed by atoms with Gasteiger partial charge in [-0.2, -0.15) is 0 Å². The van der Waals surface area contributed by atoms with Crippen molar-refractivity contribution in [1.29, 1.82) is 0 Å². The van der Waals surface area contributed by atoms with Gasteiger partial charge in [0.05, 0.1) is 0 Å². The van der Waals surface area contributed by atoms with E-state index in [9.17, 15) is 0 Å². The summed E-state index contributed by atoms with van der Waals surface area (Å²) < 4.78 is 0. The van der Waals surface area contributed by atoms with E-state index in [1.807, 2.05) is 0 Å².